The van der Waals surface area contributed by atoms with Crippen LogP contribution in [0.4, 0.5) is 14.5 Å². The minimum absolute atomic E-state index is 0.0207. The van der Waals surface area contributed by atoms with Crippen molar-refractivity contribution in [3.63, 3.8) is 0 Å². The van der Waals surface area contributed by atoms with E-state index in [9.17, 15) is 13.6 Å². The molecule has 166 valence electrons. The van der Waals surface area contributed by atoms with Gasteiger partial charge in [0.1, 0.15) is 5.75 Å². The third kappa shape index (κ3) is 6.28. The van der Waals surface area contributed by atoms with Crippen LogP contribution < -0.4 is 9.64 Å². The molecule has 1 heterocycles. The molecule has 2 aromatic carbocycles. The summed E-state index contributed by atoms with van der Waals surface area (Å²) in [5, 5.41) is 17.0. The summed E-state index contributed by atoms with van der Waals surface area (Å²) >= 11 is 1.08. The molecule has 3 rings (SSSR count). The van der Waals surface area contributed by atoms with Gasteiger partial charge in [-0.3, -0.25) is 4.79 Å². The Kier molecular flexibility index (Phi) is 7.78. The number of hydrogen-bond donors (Lipinski definition) is 0. The van der Waals surface area contributed by atoms with Gasteiger partial charge in [-0.25, -0.2) is 0 Å². The molecule has 3 aromatic rings. The second-order valence-electron chi connectivity index (χ2n) is 6.86. The minimum atomic E-state index is -2.90. The van der Waals surface area contributed by atoms with Gasteiger partial charge in [-0.2, -0.15) is 14.0 Å². The number of benzene rings is 2. The van der Waals surface area contributed by atoms with Crippen LogP contribution in [0, 0.1) is 25.2 Å². The van der Waals surface area contributed by atoms with Gasteiger partial charge >= 0.3 is 6.61 Å². The maximum Gasteiger partial charge on any atom is 0.387 e. The van der Waals surface area contributed by atoms with Crippen molar-refractivity contribution < 1.29 is 22.7 Å². The van der Waals surface area contributed by atoms with Gasteiger partial charge in [0.2, 0.25) is 11.8 Å². The second-order valence-corrected chi connectivity index (χ2v) is 7.79. The van der Waals surface area contributed by atoms with Gasteiger partial charge in [-0.1, -0.05) is 17.8 Å². The van der Waals surface area contributed by atoms with Crippen LogP contribution in [0.25, 0.3) is 11.5 Å². The molecule has 32 heavy (non-hydrogen) atoms. The SMILES string of the molecule is Cc1cc(C)cc(N(CCC#N)C(=O)CSc2nnc(-c3ccc(OC(F)F)cc3)o2)c1. The summed E-state index contributed by atoms with van der Waals surface area (Å²) in [6.07, 6.45) is 0.208. The Balaban J connectivity index is 1.66. The van der Waals surface area contributed by atoms with E-state index < -0.39 is 6.61 Å². The molecule has 1 aromatic heterocycles. The molecule has 10 heteroatoms. The van der Waals surface area contributed by atoms with E-state index in [-0.39, 0.29) is 41.5 Å². The molecule has 0 unspecified atom stereocenters. The van der Waals surface area contributed by atoms with Gasteiger partial charge in [0.25, 0.3) is 5.22 Å². The fourth-order valence-electron chi connectivity index (χ4n) is 3.03. The molecule has 0 radical (unpaired) electrons. The van der Waals surface area contributed by atoms with Crippen molar-refractivity contribution in [1.82, 2.24) is 10.2 Å². The largest absolute Gasteiger partial charge is 0.435 e. The van der Waals surface area contributed by atoms with Crippen LogP contribution in [0.15, 0.2) is 52.1 Å². The van der Waals surface area contributed by atoms with Crippen LogP contribution >= 0.6 is 11.8 Å². The standard InChI is InChI=1S/C22H20F2N4O3S/c1-14-10-15(2)12-17(11-14)28(9-3-8-25)19(29)13-32-22-27-26-20(31-22)16-4-6-18(7-5-16)30-21(23)24/h4-7,10-12,21H,3,9,13H2,1-2H3. The summed E-state index contributed by atoms with van der Waals surface area (Å²) in [7, 11) is 0. The normalized spacial score (nSPS) is 10.8. The van der Waals surface area contributed by atoms with Crippen molar-refractivity contribution in [3.8, 4) is 23.3 Å². The van der Waals surface area contributed by atoms with Crippen molar-refractivity contribution >= 4 is 23.4 Å². The number of aryl methyl sites for hydroxylation is 2. The molecule has 0 saturated heterocycles. The maximum absolute atomic E-state index is 12.9. The lowest BCUT2D eigenvalue weighted by atomic mass is 10.1. The van der Waals surface area contributed by atoms with Crippen molar-refractivity contribution in [3.05, 3.63) is 53.6 Å². The summed E-state index contributed by atoms with van der Waals surface area (Å²) < 4.78 is 34.4. The third-order valence-electron chi connectivity index (χ3n) is 4.32. The number of rotatable bonds is 9. The zero-order valence-corrected chi connectivity index (χ0v) is 18.2. The minimum Gasteiger partial charge on any atom is -0.435 e. The van der Waals surface area contributed by atoms with E-state index in [0.717, 1.165) is 28.6 Å². The number of hydrogen-bond acceptors (Lipinski definition) is 7. The molecule has 0 aliphatic heterocycles. The number of anilines is 1. The molecule has 0 aliphatic rings. The Morgan fingerprint density at radius 3 is 2.50 bits per heavy atom. The first-order valence-electron chi connectivity index (χ1n) is 9.63. The van der Waals surface area contributed by atoms with Gasteiger partial charge in [-0.05, 0) is 61.4 Å². The van der Waals surface area contributed by atoms with Gasteiger partial charge in [-0.15, -0.1) is 10.2 Å². The number of aromatic nitrogens is 2. The topological polar surface area (TPSA) is 92.2 Å². The summed E-state index contributed by atoms with van der Waals surface area (Å²) in [4.78, 5) is 14.5. The third-order valence-corrected chi connectivity index (χ3v) is 5.12. The first-order chi connectivity index (χ1) is 15.4. The molecular formula is C22H20F2N4O3S. The zero-order valence-electron chi connectivity index (χ0n) is 17.4. The average molecular weight is 458 g/mol. The van der Waals surface area contributed by atoms with Crippen LogP contribution in [0.5, 0.6) is 5.75 Å². The van der Waals surface area contributed by atoms with Crippen molar-refractivity contribution in [2.45, 2.75) is 32.1 Å². The van der Waals surface area contributed by atoms with Gasteiger partial charge < -0.3 is 14.1 Å². The number of nitrogens with zero attached hydrogens (tertiary/aromatic N) is 4. The summed E-state index contributed by atoms with van der Waals surface area (Å²) in [5.41, 5.74) is 3.31. The molecule has 0 atom stereocenters. The highest BCUT2D eigenvalue weighted by molar-refractivity contribution is 7.99. The average Bonchev–Trinajstić information content (AvgIpc) is 3.21. The molecule has 0 aliphatic carbocycles. The van der Waals surface area contributed by atoms with Crippen molar-refractivity contribution in [2.24, 2.45) is 0 Å². The number of ether oxygens (including phenoxy) is 1. The van der Waals surface area contributed by atoms with E-state index in [0.29, 0.717) is 5.56 Å². The van der Waals surface area contributed by atoms with E-state index in [2.05, 4.69) is 21.0 Å². The van der Waals surface area contributed by atoms with Crippen LogP contribution in [-0.4, -0.2) is 35.0 Å². The number of carbonyl (C=O) groups is 1. The fraction of sp³-hybridized carbons (Fsp3) is 0.273. The molecule has 0 spiro atoms. The lowest BCUT2D eigenvalue weighted by Gasteiger charge is -2.22. The molecular weight excluding hydrogens is 438 g/mol. The van der Waals surface area contributed by atoms with E-state index >= 15 is 0 Å². The zero-order chi connectivity index (χ0) is 23.1. The van der Waals surface area contributed by atoms with Crippen LogP contribution in [0.2, 0.25) is 0 Å². The Hall–Kier alpha value is -3.45. The Labute approximate surface area is 188 Å². The van der Waals surface area contributed by atoms with Crippen LogP contribution in [0.3, 0.4) is 0 Å². The number of thioether (sulfide) groups is 1. The first kappa shape index (κ1) is 23.2. The highest BCUT2D eigenvalue weighted by Crippen LogP contribution is 2.26. The molecule has 0 N–H and O–H groups in total. The quantitative estimate of drug-likeness (QED) is 0.417. The number of alkyl halides is 2. The summed E-state index contributed by atoms with van der Waals surface area (Å²) in [6.45, 7) is 1.27. The molecule has 0 fully saturated rings. The monoisotopic (exact) mass is 458 g/mol. The maximum atomic E-state index is 12.9. The van der Waals surface area contributed by atoms with Crippen LogP contribution in [-0.2, 0) is 4.79 Å². The second kappa shape index (κ2) is 10.7. The Morgan fingerprint density at radius 1 is 1.19 bits per heavy atom. The lowest BCUT2D eigenvalue weighted by molar-refractivity contribution is -0.116. The van der Waals surface area contributed by atoms with Gasteiger partial charge in [0.15, 0.2) is 0 Å². The van der Waals surface area contributed by atoms with Gasteiger partial charge in [0, 0.05) is 17.8 Å². The molecule has 0 saturated carbocycles. The number of halogens is 2. The summed E-state index contributed by atoms with van der Waals surface area (Å²) in [6, 6.07) is 13.7. The lowest BCUT2D eigenvalue weighted by Crippen LogP contribution is -2.33. The van der Waals surface area contributed by atoms with E-state index in [4.69, 9.17) is 9.68 Å². The van der Waals surface area contributed by atoms with Crippen molar-refractivity contribution in [1.29, 1.82) is 5.26 Å². The Morgan fingerprint density at radius 2 is 1.88 bits per heavy atom. The van der Waals surface area contributed by atoms with Crippen LogP contribution in [0.1, 0.15) is 17.5 Å². The summed E-state index contributed by atoms with van der Waals surface area (Å²) in [5.74, 6) is 0.0660. The van der Waals surface area contributed by atoms with Crippen molar-refractivity contribution in [2.75, 3.05) is 17.2 Å². The number of carbonyl (C=O) groups excluding carboxylic acids is 1. The van der Waals surface area contributed by atoms with Gasteiger partial charge in [0.05, 0.1) is 18.2 Å². The highest BCUT2D eigenvalue weighted by atomic mass is 32.2. The Bertz CT molecular complexity index is 1090. The van der Waals surface area contributed by atoms with E-state index in [1.54, 1.807) is 4.90 Å². The fourth-order valence-corrected chi connectivity index (χ4v) is 3.67. The molecule has 7 nitrogen and oxygen atoms in total. The first-order valence-corrected chi connectivity index (χ1v) is 10.6. The smallest absolute Gasteiger partial charge is 0.387 e. The predicted molar refractivity (Wildman–Crippen MR) is 116 cm³/mol. The number of nitriles is 1. The highest BCUT2D eigenvalue weighted by Gasteiger charge is 2.18. The predicted octanol–water partition coefficient (Wildman–Crippen LogP) is 4.99. The van der Waals surface area contributed by atoms with E-state index in [1.807, 2.05) is 32.0 Å². The molecule has 0 bridgehead atoms. The molecule has 1 amide bonds. The number of amides is 1. The van der Waals surface area contributed by atoms with E-state index in [1.165, 1.54) is 24.3 Å².